The molecular formula is C16H19N3O3S. The number of aromatic nitrogens is 1. The van der Waals surface area contributed by atoms with Gasteiger partial charge in [0.05, 0.1) is 20.1 Å². The number of hydrogen-bond donors (Lipinski definition) is 1. The minimum Gasteiger partial charge on any atom is -0.495 e. The van der Waals surface area contributed by atoms with Crippen LogP contribution in [-0.4, -0.2) is 44.2 Å². The van der Waals surface area contributed by atoms with E-state index in [9.17, 15) is 4.79 Å². The van der Waals surface area contributed by atoms with Crippen LogP contribution in [0.4, 0.5) is 5.13 Å². The maximum atomic E-state index is 12.0. The van der Waals surface area contributed by atoms with Crippen LogP contribution in [0.5, 0.6) is 11.5 Å². The van der Waals surface area contributed by atoms with Crippen molar-refractivity contribution in [1.82, 2.24) is 10.3 Å². The van der Waals surface area contributed by atoms with E-state index in [2.05, 4.69) is 15.2 Å². The molecule has 0 unspecified atom stereocenters. The highest BCUT2D eigenvalue weighted by atomic mass is 32.1. The Morgan fingerprint density at radius 1 is 1.26 bits per heavy atom. The molecule has 2 fully saturated rings. The molecule has 2 heterocycles. The number of nitrogens with one attached hydrogen (secondary N) is 1. The van der Waals surface area contributed by atoms with Crippen molar-refractivity contribution < 1.29 is 14.3 Å². The molecule has 0 spiro atoms. The molecule has 122 valence electrons. The summed E-state index contributed by atoms with van der Waals surface area (Å²) in [6.07, 6.45) is 2.25. The molecule has 4 rings (SSSR count). The van der Waals surface area contributed by atoms with E-state index in [0.717, 1.165) is 52.8 Å². The molecule has 1 saturated heterocycles. The van der Waals surface area contributed by atoms with E-state index in [4.69, 9.17) is 9.47 Å². The molecule has 7 heteroatoms. The number of ether oxygens (including phenoxy) is 2. The zero-order valence-electron chi connectivity index (χ0n) is 13.2. The Bertz CT molecular complexity index is 709. The third-order valence-corrected chi connectivity index (χ3v) is 5.48. The maximum absolute atomic E-state index is 12.0. The van der Waals surface area contributed by atoms with Gasteiger partial charge in [-0.3, -0.25) is 4.79 Å². The summed E-state index contributed by atoms with van der Waals surface area (Å²) in [7, 11) is 3.30. The summed E-state index contributed by atoms with van der Waals surface area (Å²) < 4.78 is 11.8. The standard InChI is InChI=1S/C16H19N3O3S/c1-21-11-5-6-12(22-2)14-13(11)18-16(23-14)19-7-9(8-19)15(20)17-10-3-4-10/h5-6,9-10H,3-4,7-8H2,1-2H3,(H,17,20). The van der Waals surface area contributed by atoms with E-state index in [-0.39, 0.29) is 11.8 Å². The number of thiazole rings is 1. The average molecular weight is 333 g/mol. The minimum atomic E-state index is 0.0754. The Labute approximate surface area is 138 Å². The molecule has 1 aromatic heterocycles. The van der Waals surface area contributed by atoms with Gasteiger partial charge in [-0.2, -0.15) is 0 Å². The molecule has 2 aromatic rings. The van der Waals surface area contributed by atoms with Crippen molar-refractivity contribution in [2.75, 3.05) is 32.2 Å². The largest absolute Gasteiger partial charge is 0.495 e. The van der Waals surface area contributed by atoms with Crippen LogP contribution in [0.3, 0.4) is 0 Å². The fourth-order valence-electron chi connectivity index (χ4n) is 2.76. The van der Waals surface area contributed by atoms with E-state index in [1.165, 1.54) is 0 Å². The number of carbonyl (C=O) groups is 1. The van der Waals surface area contributed by atoms with Gasteiger partial charge in [0.15, 0.2) is 5.13 Å². The monoisotopic (exact) mass is 333 g/mol. The van der Waals surface area contributed by atoms with Crippen LogP contribution in [0.15, 0.2) is 12.1 Å². The van der Waals surface area contributed by atoms with Gasteiger partial charge in [-0.15, -0.1) is 0 Å². The highest BCUT2D eigenvalue weighted by Gasteiger charge is 2.37. The van der Waals surface area contributed by atoms with Crippen molar-refractivity contribution in [3.05, 3.63) is 12.1 Å². The predicted molar refractivity (Wildman–Crippen MR) is 89.6 cm³/mol. The SMILES string of the molecule is COc1ccc(OC)c2sc(N3CC(C(=O)NC4CC4)C3)nc12. The zero-order valence-corrected chi connectivity index (χ0v) is 14.0. The smallest absolute Gasteiger partial charge is 0.226 e. The molecule has 1 saturated carbocycles. The maximum Gasteiger partial charge on any atom is 0.226 e. The van der Waals surface area contributed by atoms with E-state index in [0.29, 0.717) is 6.04 Å². The summed E-state index contributed by atoms with van der Waals surface area (Å²) in [5.74, 6) is 1.80. The Balaban J connectivity index is 1.52. The molecule has 6 nitrogen and oxygen atoms in total. The molecule has 0 atom stereocenters. The number of fused-ring (bicyclic) bond motifs is 1. The Kier molecular flexibility index (Phi) is 3.52. The van der Waals surface area contributed by atoms with Crippen molar-refractivity contribution in [1.29, 1.82) is 0 Å². The van der Waals surface area contributed by atoms with Crippen LogP contribution in [0.1, 0.15) is 12.8 Å². The number of anilines is 1. The van der Waals surface area contributed by atoms with Gasteiger partial charge in [0.25, 0.3) is 0 Å². The van der Waals surface area contributed by atoms with Gasteiger partial charge in [-0.05, 0) is 25.0 Å². The number of hydrogen-bond acceptors (Lipinski definition) is 6. The Hall–Kier alpha value is -2.02. The summed E-state index contributed by atoms with van der Waals surface area (Å²) in [4.78, 5) is 18.9. The fraction of sp³-hybridized carbons (Fsp3) is 0.500. The number of methoxy groups -OCH3 is 2. The van der Waals surface area contributed by atoms with E-state index in [1.54, 1.807) is 25.6 Å². The summed E-state index contributed by atoms with van der Waals surface area (Å²) in [6, 6.07) is 4.19. The summed E-state index contributed by atoms with van der Waals surface area (Å²) in [5.41, 5.74) is 0.817. The summed E-state index contributed by atoms with van der Waals surface area (Å²) in [6.45, 7) is 1.45. The van der Waals surface area contributed by atoms with Crippen LogP contribution < -0.4 is 19.7 Å². The van der Waals surface area contributed by atoms with Gasteiger partial charge in [0.2, 0.25) is 5.91 Å². The van der Waals surface area contributed by atoms with Gasteiger partial charge in [0.1, 0.15) is 21.7 Å². The predicted octanol–water partition coefficient (Wildman–Crippen LogP) is 2.03. The zero-order chi connectivity index (χ0) is 16.0. The normalized spacial score (nSPS) is 17.9. The number of rotatable bonds is 5. The first-order valence-corrected chi connectivity index (χ1v) is 8.58. The number of amides is 1. The van der Waals surface area contributed by atoms with Crippen LogP contribution in [0, 0.1) is 5.92 Å². The van der Waals surface area contributed by atoms with Crippen LogP contribution >= 0.6 is 11.3 Å². The lowest BCUT2D eigenvalue weighted by molar-refractivity contribution is -0.125. The van der Waals surface area contributed by atoms with Crippen LogP contribution in [0.25, 0.3) is 10.2 Å². The fourth-order valence-corrected chi connectivity index (χ4v) is 3.85. The van der Waals surface area contributed by atoms with E-state index >= 15 is 0 Å². The van der Waals surface area contributed by atoms with Crippen molar-refractivity contribution in [3.8, 4) is 11.5 Å². The van der Waals surface area contributed by atoms with Crippen LogP contribution in [-0.2, 0) is 4.79 Å². The Morgan fingerprint density at radius 2 is 1.96 bits per heavy atom. The first kappa shape index (κ1) is 14.6. The molecule has 1 N–H and O–H groups in total. The lowest BCUT2D eigenvalue weighted by atomic mass is 10.00. The van der Waals surface area contributed by atoms with Crippen molar-refractivity contribution in [3.63, 3.8) is 0 Å². The average Bonchev–Trinajstić information content (AvgIpc) is 3.20. The molecule has 0 radical (unpaired) electrons. The van der Waals surface area contributed by atoms with E-state index < -0.39 is 0 Å². The highest BCUT2D eigenvalue weighted by molar-refractivity contribution is 7.22. The Morgan fingerprint density at radius 3 is 2.61 bits per heavy atom. The van der Waals surface area contributed by atoms with Crippen LogP contribution in [0.2, 0.25) is 0 Å². The number of benzene rings is 1. The second-order valence-corrected chi connectivity index (χ2v) is 7.01. The molecule has 0 bridgehead atoms. The first-order chi connectivity index (χ1) is 11.2. The van der Waals surface area contributed by atoms with Crippen molar-refractivity contribution in [2.24, 2.45) is 5.92 Å². The summed E-state index contributed by atoms with van der Waals surface area (Å²) in [5, 5.41) is 3.98. The quantitative estimate of drug-likeness (QED) is 0.907. The van der Waals surface area contributed by atoms with Gasteiger partial charge in [0, 0.05) is 19.1 Å². The first-order valence-electron chi connectivity index (χ1n) is 7.76. The number of carbonyl (C=O) groups excluding carboxylic acids is 1. The van der Waals surface area contributed by atoms with Gasteiger partial charge < -0.3 is 19.7 Å². The van der Waals surface area contributed by atoms with Gasteiger partial charge in [-0.25, -0.2) is 4.98 Å². The molecule has 1 aliphatic carbocycles. The molecule has 2 aliphatic rings. The molecule has 1 amide bonds. The summed E-state index contributed by atoms with van der Waals surface area (Å²) >= 11 is 1.58. The number of nitrogens with zero attached hydrogens (tertiary/aromatic N) is 2. The topological polar surface area (TPSA) is 63.7 Å². The molecule has 1 aliphatic heterocycles. The molecular weight excluding hydrogens is 314 g/mol. The van der Waals surface area contributed by atoms with Gasteiger partial charge >= 0.3 is 0 Å². The second-order valence-electron chi connectivity index (χ2n) is 6.03. The lowest BCUT2D eigenvalue weighted by Gasteiger charge is -2.37. The molecule has 23 heavy (non-hydrogen) atoms. The minimum absolute atomic E-state index is 0.0754. The lowest BCUT2D eigenvalue weighted by Crippen LogP contribution is -2.54. The van der Waals surface area contributed by atoms with Crippen molar-refractivity contribution in [2.45, 2.75) is 18.9 Å². The second kappa shape index (κ2) is 5.56. The van der Waals surface area contributed by atoms with E-state index in [1.807, 2.05) is 12.1 Å². The third kappa shape index (κ3) is 2.59. The van der Waals surface area contributed by atoms with Gasteiger partial charge in [-0.1, -0.05) is 11.3 Å². The molecule has 1 aromatic carbocycles. The highest BCUT2D eigenvalue weighted by Crippen LogP contribution is 2.41. The third-order valence-electron chi connectivity index (χ3n) is 4.35. The van der Waals surface area contributed by atoms with Crippen molar-refractivity contribution >= 4 is 32.6 Å².